The van der Waals surface area contributed by atoms with Crippen LogP contribution in [0.1, 0.15) is 13.8 Å². The zero-order valence-corrected chi connectivity index (χ0v) is 19.0. The predicted octanol–water partition coefficient (Wildman–Crippen LogP) is 3.29. The van der Waals surface area contributed by atoms with E-state index >= 15 is 0 Å². The van der Waals surface area contributed by atoms with Gasteiger partial charge in [0, 0.05) is 62.7 Å². The Hall–Kier alpha value is -3.72. The molecule has 1 fully saturated rings. The van der Waals surface area contributed by atoms with Gasteiger partial charge in [0.05, 0.1) is 12.4 Å². The van der Waals surface area contributed by atoms with Crippen LogP contribution >= 0.6 is 0 Å². The molecule has 5 rings (SSSR count). The molecule has 0 saturated carbocycles. The van der Waals surface area contributed by atoms with Crippen molar-refractivity contribution in [2.45, 2.75) is 13.8 Å². The fraction of sp³-hybridized carbons (Fsp3) is 0.333. The summed E-state index contributed by atoms with van der Waals surface area (Å²) in [6, 6.07) is 8.50. The predicted molar refractivity (Wildman–Crippen MR) is 132 cm³/mol. The first-order valence-electron chi connectivity index (χ1n) is 11.3. The third-order valence-electron chi connectivity index (χ3n) is 5.78. The molecular weight excluding hydrogens is 414 g/mol. The molecule has 9 heteroatoms. The van der Waals surface area contributed by atoms with E-state index in [9.17, 15) is 0 Å². The number of hydrogen-bond donors (Lipinski definition) is 2. The maximum absolute atomic E-state index is 5.81. The molecule has 4 heterocycles. The van der Waals surface area contributed by atoms with Crippen molar-refractivity contribution >= 4 is 28.7 Å². The minimum Gasteiger partial charge on any atom is -0.382 e. The number of rotatable bonds is 6. The Balaban J connectivity index is 1.33. The second-order valence-corrected chi connectivity index (χ2v) is 8.82. The van der Waals surface area contributed by atoms with Crippen LogP contribution in [0.2, 0.25) is 0 Å². The molecule has 0 aliphatic carbocycles. The Morgan fingerprint density at radius 2 is 1.79 bits per heavy atom. The van der Waals surface area contributed by atoms with E-state index in [1.54, 1.807) is 12.4 Å². The molecule has 0 radical (unpaired) electrons. The SMILES string of the molecule is CC(C)CN1CCN(c2ccc(Nc3nc(-c4cncc(N)n4)cn4ccnc34)cc2)CC1. The molecule has 33 heavy (non-hydrogen) atoms. The largest absolute Gasteiger partial charge is 0.382 e. The summed E-state index contributed by atoms with van der Waals surface area (Å²) in [6.45, 7) is 10.1. The second kappa shape index (κ2) is 9.03. The van der Waals surface area contributed by atoms with E-state index in [-0.39, 0.29) is 0 Å². The summed E-state index contributed by atoms with van der Waals surface area (Å²) in [5.41, 5.74) is 10.0. The van der Waals surface area contributed by atoms with Gasteiger partial charge < -0.3 is 20.4 Å². The number of nitrogens with one attached hydrogen (secondary N) is 1. The number of hydrogen-bond acceptors (Lipinski definition) is 8. The van der Waals surface area contributed by atoms with Gasteiger partial charge in [-0.25, -0.2) is 15.0 Å². The van der Waals surface area contributed by atoms with Crippen LogP contribution in [-0.4, -0.2) is 62.0 Å². The molecule has 170 valence electrons. The molecule has 1 aromatic carbocycles. The highest BCUT2D eigenvalue weighted by Crippen LogP contribution is 2.26. The lowest BCUT2D eigenvalue weighted by Crippen LogP contribution is -2.47. The molecule has 0 bridgehead atoms. The lowest BCUT2D eigenvalue weighted by molar-refractivity contribution is 0.231. The lowest BCUT2D eigenvalue weighted by Gasteiger charge is -2.36. The summed E-state index contributed by atoms with van der Waals surface area (Å²) < 4.78 is 1.92. The smallest absolute Gasteiger partial charge is 0.180 e. The van der Waals surface area contributed by atoms with Crippen LogP contribution in [0.15, 0.2) is 55.2 Å². The van der Waals surface area contributed by atoms with Gasteiger partial charge >= 0.3 is 0 Å². The lowest BCUT2D eigenvalue weighted by atomic mass is 10.2. The fourth-order valence-electron chi connectivity index (χ4n) is 4.24. The first-order valence-corrected chi connectivity index (χ1v) is 11.3. The summed E-state index contributed by atoms with van der Waals surface area (Å²) in [5.74, 6) is 1.72. The van der Waals surface area contributed by atoms with Crippen molar-refractivity contribution in [3.63, 3.8) is 0 Å². The topological polar surface area (TPSA) is 100 Å². The summed E-state index contributed by atoms with van der Waals surface area (Å²) in [4.78, 5) is 22.7. The van der Waals surface area contributed by atoms with Crippen LogP contribution in [0.25, 0.3) is 17.0 Å². The molecular formula is C24H29N9. The zero-order valence-electron chi connectivity index (χ0n) is 19.0. The minimum absolute atomic E-state index is 0.357. The van der Waals surface area contributed by atoms with Crippen LogP contribution in [0, 0.1) is 5.92 Å². The summed E-state index contributed by atoms with van der Waals surface area (Å²) in [5, 5.41) is 3.42. The average molecular weight is 444 g/mol. The van der Waals surface area contributed by atoms with Crippen molar-refractivity contribution in [3.8, 4) is 11.4 Å². The highest BCUT2D eigenvalue weighted by molar-refractivity contribution is 5.73. The maximum atomic E-state index is 5.81. The number of piperazine rings is 1. The highest BCUT2D eigenvalue weighted by atomic mass is 15.3. The Morgan fingerprint density at radius 3 is 2.52 bits per heavy atom. The number of nitrogen functional groups attached to an aromatic ring is 1. The monoisotopic (exact) mass is 443 g/mol. The van der Waals surface area contributed by atoms with Gasteiger partial charge in [-0.15, -0.1) is 0 Å². The van der Waals surface area contributed by atoms with Crippen molar-refractivity contribution in [3.05, 3.63) is 55.2 Å². The Labute approximate surface area is 193 Å². The average Bonchev–Trinajstić information content (AvgIpc) is 3.29. The quantitative estimate of drug-likeness (QED) is 0.468. The fourth-order valence-corrected chi connectivity index (χ4v) is 4.24. The normalized spacial score (nSPS) is 14.8. The van der Waals surface area contributed by atoms with E-state index in [2.05, 4.69) is 68.2 Å². The molecule has 1 saturated heterocycles. The molecule has 1 aliphatic heterocycles. The van der Waals surface area contributed by atoms with Gasteiger partial charge in [-0.1, -0.05) is 13.8 Å². The van der Waals surface area contributed by atoms with Gasteiger partial charge in [0.25, 0.3) is 0 Å². The van der Waals surface area contributed by atoms with Crippen molar-refractivity contribution in [2.75, 3.05) is 48.7 Å². The Bertz CT molecular complexity index is 1220. The Morgan fingerprint density at radius 1 is 1.00 bits per heavy atom. The number of benzene rings is 1. The van der Waals surface area contributed by atoms with Crippen LogP contribution in [-0.2, 0) is 0 Å². The van der Waals surface area contributed by atoms with E-state index < -0.39 is 0 Å². The number of nitrogens with zero attached hydrogens (tertiary/aromatic N) is 7. The van der Waals surface area contributed by atoms with E-state index in [4.69, 9.17) is 10.7 Å². The maximum Gasteiger partial charge on any atom is 0.180 e. The van der Waals surface area contributed by atoms with E-state index in [1.807, 2.05) is 16.8 Å². The Kier molecular flexibility index (Phi) is 5.78. The van der Waals surface area contributed by atoms with Crippen molar-refractivity contribution in [1.29, 1.82) is 0 Å². The van der Waals surface area contributed by atoms with Gasteiger partial charge in [0.1, 0.15) is 17.2 Å². The van der Waals surface area contributed by atoms with E-state index in [0.29, 0.717) is 28.9 Å². The van der Waals surface area contributed by atoms with Crippen molar-refractivity contribution in [2.24, 2.45) is 5.92 Å². The molecule has 4 aromatic rings. The molecule has 3 aromatic heterocycles. The van der Waals surface area contributed by atoms with Gasteiger partial charge in [-0.3, -0.25) is 9.88 Å². The highest BCUT2D eigenvalue weighted by Gasteiger charge is 2.18. The van der Waals surface area contributed by atoms with Crippen LogP contribution < -0.4 is 16.0 Å². The third-order valence-corrected chi connectivity index (χ3v) is 5.78. The van der Waals surface area contributed by atoms with Crippen LogP contribution in [0.5, 0.6) is 0 Å². The summed E-state index contributed by atoms with van der Waals surface area (Å²) in [6.07, 6.45) is 8.68. The summed E-state index contributed by atoms with van der Waals surface area (Å²) in [7, 11) is 0. The second-order valence-electron chi connectivity index (χ2n) is 8.82. The third kappa shape index (κ3) is 4.73. The van der Waals surface area contributed by atoms with Crippen LogP contribution in [0.3, 0.4) is 0 Å². The summed E-state index contributed by atoms with van der Waals surface area (Å²) >= 11 is 0. The zero-order chi connectivity index (χ0) is 22.8. The molecule has 1 aliphatic rings. The molecule has 0 spiro atoms. The van der Waals surface area contributed by atoms with E-state index in [1.165, 1.54) is 18.4 Å². The first-order chi connectivity index (χ1) is 16.0. The molecule has 0 amide bonds. The van der Waals surface area contributed by atoms with Crippen LogP contribution in [0.4, 0.5) is 23.0 Å². The van der Waals surface area contributed by atoms with Crippen molar-refractivity contribution in [1.82, 2.24) is 29.2 Å². The number of anilines is 4. The molecule has 0 unspecified atom stereocenters. The van der Waals surface area contributed by atoms with Gasteiger partial charge in [-0.05, 0) is 30.2 Å². The molecule has 3 N–H and O–H groups in total. The molecule has 9 nitrogen and oxygen atoms in total. The minimum atomic E-state index is 0.357. The van der Waals surface area contributed by atoms with Crippen molar-refractivity contribution < 1.29 is 0 Å². The number of imidazole rings is 1. The number of aromatic nitrogens is 5. The standard InChI is InChI=1S/C24H29N9/c1-17(2)15-31-9-11-32(12-10-31)19-5-3-18(4-6-19)28-23-24-27-7-8-33(24)16-21(30-23)20-13-26-14-22(25)29-20/h3-8,13-14,16-17H,9-12,15H2,1-2H3,(H2,25,29)(H,28,30). The first kappa shape index (κ1) is 21.1. The van der Waals surface area contributed by atoms with Gasteiger partial charge in [-0.2, -0.15) is 0 Å². The number of fused-ring (bicyclic) bond motifs is 1. The van der Waals surface area contributed by atoms with Gasteiger partial charge in [0.15, 0.2) is 11.5 Å². The van der Waals surface area contributed by atoms with E-state index in [0.717, 1.165) is 37.5 Å². The number of nitrogens with two attached hydrogens (primary N) is 1. The van der Waals surface area contributed by atoms with Gasteiger partial charge in [0.2, 0.25) is 0 Å². The molecule has 0 atom stereocenters.